The molecule has 1 amide bonds. The molecule has 9 heteroatoms. The topological polar surface area (TPSA) is 62.5 Å². The number of aryl methyl sites for hydroxylation is 2. The minimum atomic E-state index is 0. The van der Waals surface area contributed by atoms with Crippen LogP contribution >= 0.6 is 48.6 Å². The largest absolute Gasteiger partial charge is 0.399 e. The van der Waals surface area contributed by atoms with E-state index >= 15 is 0 Å². The molecule has 146 valence electrons. The minimum Gasteiger partial charge on any atom is -0.399 e. The van der Waals surface area contributed by atoms with Crippen molar-refractivity contribution in [2.75, 3.05) is 31.9 Å². The number of piperazine rings is 1. The van der Waals surface area contributed by atoms with E-state index < -0.39 is 0 Å². The van der Waals surface area contributed by atoms with Crippen LogP contribution in [0.1, 0.15) is 25.8 Å². The van der Waals surface area contributed by atoms with Gasteiger partial charge in [0.25, 0.3) is 5.91 Å². The first-order valence-electron chi connectivity index (χ1n) is 7.82. The molecule has 1 aromatic heterocycles. The van der Waals surface area contributed by atoms with Crippen molar-refractivity contribution in [3.8, 4) is 0 Å². The van der Waals surface area contributed by atoms with E-state index in [1.54, 1.807) is 17.4 Å². The first-order valence-corrected chi connectivity index (χ1v) is 8.63. The Bertz CT molecular complexity index is 718. The summed E-state index contributed by atoms with van der Waals surface area (Å²) in [7, 11) is 0. The highest BCUT2D eigenvalue weighted by atomic mass is 35.5. The number of nitrogen functional groups attached to an aromatic ring is 1. The molecule has 1 saturated heterocycles. The number of carbonyl (C=O) groups excluding carboxylic acids is 1. The van der Waals surface area contributed by atoms with Crippen LogP contribution in [0.5, 0.6) is 0 Å². The Morgan fingerprint density at radius 3 is 2.38 bits per heavy atom. The zero-order valence-electron chi connectivity index (χ0n) is 14.8. The second kappa shape index (κ2) is 10.9. The van der Waals surface area contributed by atoms with Crippen molar-refractivity contribution >= 4 is 60.2 Å². The maximum atomic E-state index is 12.7. The second-order valence-electron chi connectivity index (χ2n) is 5.99. The number of carbonyl (C=O) groups is 1. The normalized spacial score (nSPS) is 14.0. The van der Waals surface area contributed by atoms with E-state index in [1.807, 2.05) is 37.1 Å². The standard InChI is InChI=1S/C17H22N4OS.3ClH/c1-12-3-4-14(18)9-16(12)17(22)21-7-5-20(6-8-21)11-15-10-19-13(2)23-15;;;/h3-4,9-10H,5-8,11,18H2,1-2H3;3*1H. The van der Waals surface area contributed by atoms with Gasteiger partial charge < -0.3 is 10.6 Å². The van der Waals surface area contributed by atoms with Crippen LogP contribution < -0.4 is 5.73 Å². The van der Waals surface area contributed by atoms with Crippen molar-refractivity contribution in [1.29, 1.82) is 0 Å². The SMILES string of the molecule is Cc1ncc(CN2CCN(C(=O)c3cc(N)ccc3C)CC2)s1.Cl.Cl.Cl. The smallest absolute Gasteiger partial charge is 0.254 e. The van der Waals surface area contributed by atoms with Gasteiger partial charge in [-0.2, -0.15) is 0 Å². The summed E-state index contributed by atoms with van der Waals surface area (Å²) in [5, 5.41) is 1.10. The van der Waals surface area contributed by atoms with Crippen LogP contribution in [-0.4, -0.2) is 46.9 Å². The van der Waals surface area contributed by atoms with E-state index in [0.29, 0.717) is 5.69 Å². The zero-order chi connectivity index (χ0) is 16.4. The van der Waals surface area contributed by atoms with Crippen molar-refractivity contribution in [3.63, 3.8) is 0 Å². The Balaban J connectivity index is 0.00000208. The number of aromatic nitrogens is 1. The third-order valence-electron chi connectivity index (χ3n) is 4.20. The van der Waals surface area contributed by atoms with Gasteiger partial charge in [-0.25, -0.2) is 4.98 Å². The Morgan fingerprint density at radius 1 is 1.15 bits per heavy atom. The Hall–Kier alpha value is -1.05. The molecule has 0 spiro atoms. The van der Waals surface area contributed by atoms with Crippen molar-refractivity contribution in [1.82, 2.24) is 14.8 Å². The summed E-state index contributed by atoms with van der Waals surface area (Å²) in [6.45, 7) is 8.20. The Kier molecular flexibility index (Phi) is 10.5. The highest BCUT2D eigenvalue weighted by molar-refractivity contribution is 7.11. The molecule has 2 aromatic rings. The van der Waals surface area contributed by atoms with E-state index in [-0.39, 0.29) is 43.1 Å². The summed E-state index contributed by atoms with van der Waals surface area (Å²) in [4.78, 5) is 22.6. The average molecular weight is 440 g/mol. The second-order valence-corrected chi connectivity index (χ2v) is 7.31. The first kappa shape index (κ1) is 24.9. The zero-order valence-corrected chi connectivity index (χ0v) is 18.1. The fourth-order valence-electron chi connectivity index (χ4n) is 2.85. The van der Waals surface area contributed by atoms with Crippen molar-refractivity contribution in [3.05, 3.63) is 45.4 Å². The number of hydrogen-bond donors (Lipinski definition) is 1. The molecule has 0 aliphatic carbocycles. The maximum Gasteiger partial charge on any atom is 0.254 e. The molecular formula is C17H25Cl3N4OS. The van der Waals surface area contributed by atoms with Gasteiger partial charge in [-0.3, -0.25) is 9.69 Å². The number of anilines is 1. The molecule has 0 radical (unpaired) electrons. The van der Waals surface area contributed by atoms with Gasteiger partial charge in [-0.05, 0) is 31.5 Å². The third-order valence-corrected chi connectivity index (χ3v) is 5.10. The van der Waals surface area contributed by atoms with Gasteiger partial charge in [0.15, 0.2) is 0 Å². The molecule has 1 aliphatic heterocycles. The van der Waals surface area contributed by atoms with Crippen LogP contribution in [0.25, 0.3) is 0 Å². The molecule has 0 atom stereocenters. The van der Waals surface area contributed by atoms with E-state index in [0.717, 1.165) is 48.9 Å². The fraction of sp³-hybridized carbons (Fsp3) is 0.412. The molecule has 26 heavy (non-hydrogen) atoms. The van der Waals surface area contributed by atoms with Gasteiger partial charge in [-0.15, -0.1) is 48.6 Å². The van der Waals surface area contributed by atoms with Crippen LogP contribution in [0, 0.1) is 13.8 Å². The van der Waals surface area contributed by atoms with Gasteiger partial charge >= 0.3 is 0 Å². The minimum absolute atomic E-state index is 0. The van der Waals surface area contributed by atoms with Crippen LogP contribution in [-0.2, 0) is 6.54 Å². The molecule has 0 saturated carbocycles. The van der Waals surface area contributed by atoms with Gasteiger partial charge in [0.2, 0.25) is 0 Å². The molecular weight excluding hydrogens is 415 g/mol. The van der Waals surface area contributed by atoms with Crippen LogP contribution in [0.4, 0.5) is 5.69 Å². The number of thiazole rings is 1. The lowest BCUT2D eigenvalue weighted by molar-refractivity contribution is 0.0629. The third kappa shape index (κ3) is 5.99. The maximum absolute atomic E-state index is 12.7. The number of benzene rings is 1. The highest BCUT2D eigenvalue weighted by Gasteiger charge is 2.23. The molecule has 3 rings (SSSR count). The van der Waals surface area contributed by atoms with Crippen molar-refractivity contribution < 1.29 is 4.79 Å². The number of amides is 1. The number of rotatable bonds is 3. The van der Waals surface area contributed by atoms with Crippen LogP contribution in [0.2, 0.25) is 0 Å². The molecule has 1 aromatic carbocycles. The average Bonchev–Trinajstić information content (AvgIpc) is 2.95. The quantitative estimate of drug-likeness (QED) is 0.743. The van der Waals surface area contributed by atoms with E-state index in [4.69, 9.17) is 5.73 Å². The summed E-state index contributed by atoms with van der Waals surface area (Å²) in [5.41, 5.74) is 8.16. The molecule has 5 nitrogen and oxygen atoms in total. The van der Waals surface area contributed by atoms with E-state index in [1.165, 1.54) is 4.88 Å². The van der Waals surface area contributed by atoms with Crippen LogP contribution in [0.3, 0.4) is 0 Å². The number of hydrogen-bond acceptors (Lipinski definition) is 5. The van der Waals surface area contributed by atoms with Gasteiger partial charge in [0, 0.05) is 55.0 Å². The van der Waals surface area contributed by atoms with Crippen molar-refractivity contribution in [2.45, 2.75) is 20.4 Å². The summed E-state index contributed by atoms with van der Waals surface area (Å²) < 4.78 is 0. The van der Waals surface area contributed by atoms with Gasteiger partial charge in [0.1, 0.15) is 0 Å². The summed E-state index contributed by atoms with van der Waals surface area (Å²) in [6, 6.07) is 5.52. The summed E-state index contributed by atoms with van der Waals surface area (Å²) in [5.74, 6) is 0.0862. The Morgan fingerprint density at radius 2 is 1.81 bits per heavy atom. The first-order chi connectivity index (χ1) is 11.0. The predicted octanol–water partition coefficient (Wildman–Crippen LogP) is 3.57. The molecule has 1 aliphatic rings. The van der Waals surface area contributed by atoms with Gasteiger partial charge in [0.05, 0.1) is 5.01 Å². The lowest BCUT2D eigenvalue weighted by Gasteiger charge is -2.34. The Labute approximate surface area is 177 Å². The highest BCUT2D eigenvalue weighted by Crippen LogP contribution is 2.18. The van der Waals surface area contributed by atoms with E-state index in [2.05, 4.69) is 9.88 Å². The van der Waals surface area contributed by atoms with E-state index in [9.17, 15) is 4.79 Å². The molecule has 0 unspecified atom stereocenters. The molecule has 2 N–H and O–H groups in total. The number of nitrogens with two attached hydrogens (primary N) is 1. The van der Waals surface area contributed by atoms with Crippen LogP contribution in [0.15, 0.2) is 24.4 Å². The molecule has 0 bridgehead atoms. The lowest BCUT2D eigenvalue weighted by atomic mass is 10.1. The summed E-state index contributed by atoms with van der Waals surface area (Å²) in [6.07, 6.45) is 1.95. The predicted molar refractivity (Wildman–Crippen MR) is 115 cm³/mol. The fourth-order valence-corrected chi connectivity index (χ4v) is 3.69. The summed E-state index contributed by atoms with van der Waals surface area (Å²) >= 11 is 1.74. The van der Waals surface area contributed by atoms with Crippen molar-refractivity contribution in [2.24, 2.45) is 0 Å². The molecule has 2 heterocycles. The number of halogens is 3. The van der Waals surface area contributed by atoms with Gasteiger partial charge in [-0.1, -0.05) is 6.07 Å². The lowest BCUT2D eigenvalue weighted by Crippen LogP contribution is -2.48. The monoisotopic (exact) mass is 438 g/mol. The molecule has 1 fully saturated rings. The number of nitrogens with zero attached hydrogens (tertiary/aromatic N) is 3.